The van der Waals surface area contributed by atoms with Crippen LogP contribution < -0.4 is 0 Å². The number of hydrogen-bond acceptors (Lipinski definition) is 3. The van der Waals surface area contributed by atoms with Gasteiger partial charge in [0.25, 0.3) is 0 Å². The van der Waals surface area contributed by atoms with Crippen molar-refractivity contribution in [1.29, 1.82) is 0 Å². The van der Waals surface area contributed by atoms with E-state index < -0.39 is 0 Å². The normalized spacial score (nSPS) is 21.9. The highest BCUT2D eigenvalue weighted by atomic mass is 33.1. The average Bonchev–Trinajstić information content (AvgIpc) is 2.82. The van der Waals surface area contributed by atoms with Crippen LogP contribution in [0.15, 0.2) is 0 Å². The van der Waals surface area contributed by atoms with Crippen molar-refractivity contribution < 1.29 is 4.74 Å². The van der Waals surface area contributed by atoms with Gasteiger partial charge in [0, 0.05) is 17.6 Å². The molecule has 1 aliphatic rings. The van der Waals surface area contributed by atoms with E-state index in [-0.39, 0.29) is 0 Å². The number of unbranched alkanes of at least 4 members (excludes halogenated alkanes) is 2. The van der Waals surface area contributed by atoms with Crippen LogP contribution in [-0.2, 0) is 4.74 Å². The van der Waals surface area contributed by atoms with Crippen molar-refractivity contribution in [2.45, 2.75) is 76.6 Å². The van der Waals surface area contributed by atoms with E-state index in [1.165, 1.54) is 57.1 Å². The van der Waals surface area contributed by atoms with Gasteiger partial charge >= 0.3 is 0 Å². The SMILES string of the molecule is CCCCCC(CCC)SSCC1CCCO1. The zero-order valence-electron chi connectivity index (χ0n) is 11.5. The molecule has 102 valence electrons. The molecule has 1 fully saturated rings. The first-order valence-electron chi connectivity index (χ1n) is 7.26. The monoisotopic (exact) mass is 276 g/mol. The summed E-state index contributed by atoms with van der Waals surface area (Å²) in [6.45, 7) is 5.58. The maximum absolute atomic E-state index is 5.66. The second-order valence-corrected chi connectivity index (χ2v) is 7.63. The van der Waals surface area contributed by atoms with Gasteiger partial charge in [-0.2, -0.15) is 0 Å². The van der Waals surface area contributed by atoms with E-state index in [4.69, 9.17) is 4.74 Å². The predicted octanol–water partition coefficient (Wildman–Crippen LogP) is 5.30. The zero-order valence-corrected chi connectivity index (χ0v) is 13.1. The van der Waals surface area contributed by atoms with E-state index >= 15 is 0 Å². The van der Waals surface area contributed by atoms with Crippen LogP contribution >= 0.6 is 21.6 Å². The van der Waals surface area contributed by atoms with Crippen LogP contribution in [0.4, 0.5) is 0 Å². The van der Waals surface area contributed by atoms with Crippen molar-refractivity contribution >= 4 is 21.6 Å². The Morgan fingerprint density at radius 1 is 1.18 bits per heavy atom. The fourth-order valence-corrected chi connectivity index (χ4v) is 5.30. The molecular weight excluding hydrogens is 248 g/mol. The van der Waals surface area contributed by atoms with Crippen molar-refractivity contribution in [3.05, 3.63) is 0 Å². The maximum Gasteiger partial charge on any atom is 0.0674 e. The lowest BCUT2D eigenvalue weighted by molar-refractivity contribution is 0.129. The molecule has 0 amide bonds. The van der Waals surface area contributed by atoms with E-state index in [2.05, 4.69) is 24.6 Å². The van der Waals surface area contributed by atoms with Crippen LogP contribution in [0, 0.1) is 0 Å². The third kappa shape index (κ3) is 7.63. The summed E-state index contributed by atoms with van der Waals surface area (Å²) in [5.74, 6) is 1.19. The van der Waals surface area contributed by atoms with Crippen molar-refractivity contribution in [2.75, 3.05) is 12.4 Å². The molecule has 0 aromatic heterocycles. The highest BCUT2D eigenvalue weighted by Crippen LogP contribution is 2.34. The van der Waals surface area contributed by atoms with Crippen molar-refractivity contribution in [3.8, 4) is 0 Å². The van der Waals surface area contributed by atoms with Gasteiger partial charge in [-0.1, -0.05) is 61.1 Å². The molecular formula is C14H28OS2. The zero-order chi connectivity index (χ0) is 12.3. The maximum atomic E-state index is 5.66. The lowest BCUT2D eigenvalue weighted by Gasteiger charge is -2.16. The first-order valence-corrected chi connectivity index (χ1v) is 9.64. The summed E-state index contributed by atoms with van der Waals surface area (Å²) >= 11 is 0. The van der Waals surface area contributed by atoms with Crippen molar-refractivity contribution in [1.82, 2.24) is 0 Å². The highest BCUT2D eigenvalue weighted by Gasteiger charge is 2.16. The molecule has 2 unspecified atom stereocenters. The van der Waals surface area contributed by atoms with Crippen LogP contribution in [0.25, 0.3) is 0 Å². The second kappa shape index (κ2) is 10.6. The second-order valence-electron chi connectivity index (χ2n) is 4.92. The Morgan fingerprint density at radius 3 is 2.71 bits per heavy atom. The molecule has 0 aliphatic carbocycles. The quantitative estimate of drug-likeness (QED) is 0.396. The Hall–Kier alpha value is 0.660. The first-order chi connectivity index (χ1) is 8.36. The molecule has 0 bridgehead atoms. The minimum atomic E-state index is 0.547. The molecule has 1 nitrogen and oxygen atoms in total. The van der Waals surface area contributed by atoms with Gasteiger partial charge in [-0.25, -0.2) is 0 Å². The van der Waals surface area contributed by atoms with Crippen LogP contribution in [0.3, 0.4) is 0 Å². The van der Waals surface area contributed by atoms with E-state index in [0.29, 0.717) is 6.10 Å². The van der Waals surface area contributed by atoms with Crippen molar-refractivity contribution in [3.63, 3.8) is 0 Å². The Morgan fingerprint density at radius 2 is 2.06 bits per heavy atom. The Labute approximate surface area is 115 Å². The van der Waals surface area contributed by atoms with Crippen LogP contribution in [0.1, 0.15) is 65.2 Å². The summed E-state index contributed by atoms with van der Waals surface area (Å²) in [6, 6.07) is 0. The summed E-state index contributed by atoms with van der Waals surface area (Å²) < 4.78 is 5.66. The molecule has 0 aromatic rings. The molecule has 1 aliphatic heterocycles. The molecule has 17 heavy (non-hydrogen) atoms. The van der Waals surface area contributed by atoms with Crippen LogP contribution in [-0.4, -0.2) is 23.7 Å². The third-order valence-corrected chi connectivity index (χ3v) is 6.24. The Balaban J connectivity index is 2.05. The van der Waals surface area contributed by atoms with Gasteiger partial charge in [0.1, 0.15) is 0 Å². The van der Waals surface area contributed by atoms with Gasteiger partial charge in [-0.15, -0.1) is 0 Å². The van der Waals surface area contributed by atoms with E-state index in [9.17, 15) is 0 Å². The number of ether oxygens (including phenoxy) is 1. The predicted molar refractivity (Wildman–Crippen MR) is 81.9 cm³/mol. The molecule has 0 N–H and O–H groups in total. The standard InChI is InChI=1S/C14H28OS2/c1-3-5-6-10-14(8-4-2)17-16-12-13-9-7-11-15-13/h13-14H,3-12H2,1-2H3. The molecule has 2 atom stereocenters. The van der Waals surface area contributed by atoms with Gasteiger partial charge in [-0.05, 0) is 25.7 Å². The van der Waals surface area contributed by atoms with Gasteiger partial charge in [0.05, 0.1) is 6.10 Å². The van der Waals surface area contributed by atoms with Gasteiger partial charge < -0.3 is 4.74 Å². The molecule has 0 saturated carbocycles. The molecule has 0 aromatic carbocycles. The topological polar surface area (TPSA) is 9.23 Å². The molecule has 1 rings (SSSR count). The fourth-order valence-electron chi connectivity index (χ4n) is 2.17. The van der Waals surface area contributed by atoms with Crippen LogP contribution in [0.2, 0.25) is 0 Å². The van der Waals surface area contributed by atoms with E-state index in [0.717, 1.165) is 11.9 Å². The van der Waals surface area contributed by atoms with Gasteiger partial charge in [0.15, 0.2) is 0 Å². The van der Waals surface area contributed by atoms with Gasteiger partial charge in [-0.3, -0.25) is 0 Å². The molecule has 1 heterocycles. The van der Waals surface area contributed by atoms with Gasteiger partial charge in [0.2, 0.25) is 0 Å². The number of rotatable bonds is 10. The molecule has 0 radical (unpaired) electrons. The molecule has 0 spiro atoms. The Kier molecular flexibility index (Phi) is 9.77. The highest BCUT2D eigenvalue weighted by molar-refractivity contribution is 8.76. The summed E-state index contributed by atoms with van der Waals surface area (Å²) in [4.78, 5) is 0. The summed E-state index contributed by atoms with van der Waals surface area (Å²) in [5, 5.41) is 0.873. The number of hydrogen-bond donors (Lipinski definition) is 0. The lowest BCUT2D eigenvalue weighted by atomic mass is 10.1. The van der Waals surface area contributed by atoms with E-state index in [1.54, 1.807) is 0 Å². The molecule has 3 heteroatoms. The summed E-state index contributed by atoms with van der Waals surface area (Å²) in [5.41, 5.74) is 0. The minimum Gasteiger partial charge on any atom is -0.377 e. The average molecular weight is 277 g/mol. The smallest absolute Gasteiger partial charge is 0.0674 e. The summed E-state index contributed by atoms with van der Waals surface area (Å²) in [7, 11) is 4.17. The fraction of sp³-hybridized carbons (Fsp3) is 1.00. The van der Waals surface area contributed by atoms with Crippen molar-refractivity contribution in [2.24, 2.45) is 0 Å². The summed E-state index contributed by atoms with van der Waals surface area (Å²) in [6.07, 6.45) is 11.4. The lowest BCUT2D eigenvalue weighted by Crippen LogP contribution is -2.08. The third-order valence-electron chi connectivity index (χ3n) is 3.22. The largest absolute Gasteiger partial charge is 0.377 e. The molecule has 1 saturated heterocycles. The minimum absolute atomic E-state index is 0.547. The van der Waals surface area contributed by atoms with E-state index in [1.807, 2.05) is 10.8 Å². The Bertz CT molecular complexity index is 170. The van der Waals surface area contributed by atoms with Crippen LogP contribution in [0.5, 0.6) is 0 Å². The first kappa shape index (κ1) is 15.7.